The van der Waals surface area contributed by atoms with E-state index in [2.05, 4.69) is 0 Å². The Kier molecular flexibility index (Phi) is 8.34. The summed E-state index contributed by atoms with van der Waals surface area (Å²) in [7, 11) is -2.76. The van der Waals surface area contributed by atoms with Gasteiger partial charge in [0.2, 0.25) is 0 Å². The fourth-order valence-corrected chi connectivity index (χ4v) is 6.10. The molecule has 1 fully saturated rings. The van der Waals surface area contributed by atoms with Crippen molar-refractivity contribution in [2.24, 2.45) is 5.92 Å². The predicted octanol–water partition coefficient (Wildman–Crippen LogP) is 5.55. The monoisotopic (exact) mass is 544 g/mol. The summed E-state index contributed by atoms with van der Waals surface area (Å²) in [6.45, 7) is 6.34. The van der Waals surface area contributed by atoms with Gasteiger partial charge in [0.15, 0.2) is 0 Å². The molecular formula is C24H30Cl2N2O6S. The largest absolute Gasteiger partial charge is 0.506 e. The molecule has 1 amide bonds. The fraction of sp³-hybridized carbons (Fsp3) is 0.458. The number of sulfonamides is 1. The number of nitrogens with zero attached hydrogens (tertiary/aromatic N) is 2. The molecular weight excluding hydrogens is 515 g/mol. The highest BCUT2D eigenvalue weighted by Gasteiger charge is 2.34. The lowest BCUT2D eigenvalue weighted by molar-refractivity contribution is 0.0187. The standard InChI is InChI=1S/C24H30Cl2N2O6S/c1-24(2,3)34-23(30)27-11-9-16(10-12-27)15-28(20-14-18(33-4)6-8-21(20)29)35(31,32)22-13-17(25)5-7-19(22)26/h5-8,13-14,16,29H,9-12,15H2,1-4H3. The molecule has 1 heterocycles. The van der Waals surface area contributed by atoms with Crippen molar-refractivity contribution in [2.75, 3.05) is 31.0 Å². The quantitative estimate of drug-likeness (QED) is 0.512. The molecule has 0 saturated carbocycles. The average molecular weight is 545 g/mol. The van der Waals surface area contributed by atoms with E-state index in [4.69, 9.17) is 32.7 Å². The van der Waals surface area contributed by atoms with Crippen LogP contribution in [0.15, 0.2) is 41.3 Å². The van der Waals surface area contributed by atoms with Crippen LogP contribution in [0.25, 0.3) is 0 Å². The second kappa shape index (κ2) is 10.7. The van der Waals surface area contributed by atoms with Crippen LogP contribution >= 0.6 is 23.2 Å². The van der Waals surface area contributed by atoms with E-state index in [0.717, 1.165) is 4.31 Å². The molecule has 11 heteroatoms. The normalized spacial score (nSPS) is 15.1. The van der Waals surface area contributed by atoms with Crippen LogP contribution in [0.4, 0.5) is 10.5 Å². The molecule has 0 atom stereocenters. The van der Waals surface area contributed by atoms with E-state index in [-0.39, 0.29) is 38.8 Å². The summed E-state index contributed by atoms with van der Waals surface area (Å²) >= 11 is 12.3. The minimum absolute atomic E-state index is 0.0153. The number of phenolic OH excluding ortho intramolecular Hbond substituents is 1. The molecule has 3 rings (SSSR count). The third-order valence-electron chi connectivity index (χ3n) is 5.60. The number of likely N-dealkylation sites (tertiary alicyclic amines) is 1. The third-order valence-corrected chi connectivity index (χ3v) is 8.10. The number of methoxy groups -OCH3 is 1. The lowest BCUT2D eigenvalue weighted by atomic mass is 9.97. The summed E-state index contributed by atoms with van der Waals surface area (Å²) in [6.07, 6.45) is 0.718. The van der Waals surface area contributed by atoms with Crippen LogP contribution in [-0.2, 0) is 14.8 Å². The van der Waals surface area contributed by atoms with Gasteiger partial charge in [0.25, 0.3) is 10.0 Å². The van der Waals surface area contributed by atoms with E-state index >= 15 is 0 Å². The lowest BCUT2D eigenvalue weighted by Crippen LogP contribution is -2.44. The predicted molar refractivity (Wildman–Crippen MR) is 136 cm³/mol. The molecule has 2 aromatic rings. The summed E-state index contributed by atoms with van der Waals surface area (Å²) in [5, 5.41) is 10.8. The molecule has 0 spiro atoms. The molecule has 1 aliphatic heterocycles. The number of hydrogen-bond acceptors (Lipinski definition) is 6. The zero-order valence-electron chi connectivity index (χ0n) is 20.1. The first-order chi connectivity index (χ1) is 16.3. The Hall–Kier alpha value is -2.36. The maximum atomic E-state index is 13.8. The summed E-state index contributed by atoms with van der Waals surface area (Å²) in [5.74, 6) is 0.0701. The molecule has 35 heavy (non-hydrogen) atoms. The molecule has 0 unspecified atom stereocenters. The summed E-state index contributed by atoms with van der Waals surface area (Å²) < 4.78 is 39.4. The molecule has 0 aromatic heterocycles. The first kappa shape index (κ1) is 27.2. The Morgan fingerprint density at radius 1 is 1.14 bits per heavy atom. The van der Waals surface area contributed by atoms with Crippen molar-refractivity contribution in [1.82, 2.24) is 4.90 Å². The molecule has 0 bridgehead atoms. The number of anilines is 1. The number of hydrogen-bond donors (Lipinski definition) is 1. The van der Waals surface area contributed by atoms with Crippen molar-refractivity contribution in [1.29, 1.82) is 0 Å². The maximum Gasteiger partial charge on any atom is 0.410 e. The first-order valence-corrected chi connectivity index (χ1v) is 13.3. The fourth-order valence-electron chi connectivity index (χ4n) is 3.81. The van der Waals surface area contributed by atoms with Crippen LogP contribution in [0.2, 0.25) is 10.0 Å². The van der Waals surface area contributed by atoms with Gasteiger partial charge in [0.05, 0.1) is 17.8 Å². The van der Waals surface area contributed by atoms with Crippen molar-refractivity contribution < 1.29 is 27.8 Å². The molecule has 192 valence electrons. The van der Waals surface area contributed by atoms with Crippen molar-refractivity contribution in [3.63, 3.8) is 0 Å². The van der Waals surface area contributed by atoms with E-state index in [1.54, 1.807) is 4.90 Å². The van der Waals surface area contributed by atoms with Gasteiger partial charge >= 0.3 is 6.09 Å². The number of phenols is 1. The number of aromatic hydroxyl groups is 1. The summed E-state index contributed by atoms with van der Waals surface area (Å²) in [6, 6.07) is 8.58. The van der Waals surface area contributed by atoms with Crippen LogP contribution in [0.3, 0.4) is 0 Å². The number of piperidine rings is 1. The Morgan fingerprint density at radius 3 is 2.40 bits per heavy atom. The average Bonchev–Trinajstić information content (AvgIpc) is 2.78. The minimum atomic E-state index is -4.21. The molecule has 0 aliphatic carbocycles. The minimum Gasteiger partial charge on any atom is -0.506 e. The zero-order chi connectivity index (χ0) is 26.0. The van der Waals surface area contributed by atoms with Crippen molar-refractivity contribution in [3.05, 3.63) is 46.4 Å². The first-order valence-electron chi connectivity index (χ1n) is 11.1. The van der Waals surface area contributed by atoms with Gasteiger partial charge in [-0.2, -0.15) is 0 Å². The van der Waals surface area contributed by atoms with E-state index in [0.29, 0.717) is 31.7 Å². The van der Waals surface area contributed by atoms with Gasteiger partial charge in [0, 0.05) is 30.7 Å². The van der Waals surface area contributed by atoms with Gasteiger partial charge in [-0.15, -0.1) is 0 Å². The number of carbonyl (C=O) groups is 1. The van der Waals surface area contributed by atoms with E-state index < -0.39 is 21.7 Å². The van der Waals surface area contributed by atoms with Crippen LogP contribution in [-0.4, -0.2) is 56.9 Å². The second-order valence-electron chi connectivity index (χ2n) is 9.38. The van der Waals surface area contributed by atoms with Crippen molar-refractivity contribution in [3.8, 4) is 11.5 Å². The van der Waals surface area contributed by atoms with Gasteiger partial charge in [-0.3, -0.25) is 4.31 Å². The Labute approximate surface area is 216 Å². The molecule has 2 aromatic carbocycles. The second-order valence-corrected chi connectivity index (χ2v) is 12.1. The van der Waals surface area contributed by atoms with E-state index in [1.165, 1.54) is 43.5 Å². The molecule has 0 radical (unpaired) electrons. The molecule has 8 nitrogen and oxygen atoms in total. The van der Waals surface area contributed by atoms with Crippen molar-refractivity contribution >= 4 is 45.0 Å². The number of amides is 1. The smallest absolute Gasteiger partial charge is 0.410 e. The molecule has 1 N–H and O–H groups in total. The Balaban J connectivity index is 1.91. The number of carbonyl (C=O) groups excluding carboxylic acids is 1. The number of benzene rings is 2. The number of rotatable bonds is 6. The summed E-state index contributed by atoms with van der Waals surface area (Å²) in [4.78, 5) is 13.9. The topological polar surface area (TPSA) is 96.4 Å². The van der Waals surface area contributed by atoms with Crippen LogP contribution in [0.1, 0.15) is 33.6 Å². The van der Waals surface area contributed by atoms with E-state index in [1.807, 2.05) is 20.8 Å². The highest BCUT2D eigenvalue weighted by molar-refractivity contribution is 7.93. The number of halogens is 2. The molecule has 1 saturated heterocycles. The number of ether oxygens (including phenoxy) is 2. The van der Waals surface area contributed by atoms with Crippen LogP contribution < -0.4 is 9.04 Å². The Morgan fingerprint density at radius 2 is 1.80 bits per heavy atom. The summed E-state index contributed by atoms with van der Waals surface area (Å²) in [5.41, 5.74) is -0.534. The van der Waals surface area contributed by atoms with Crippen LogP contribution in [0, 0.1) is 5.92 Å². The Bertz CT molecular complexity index is 1180. The van der Waals surface area contributed by atoms with Gasteiger partial charge < -0.3 is 19.5 Å². The van der Waals surface area contributed by atoms with Crippen LogP contribution in [0.5, 0.6) is 11.5 Å². The third kappa shape index (κ3) is 6.65. The zero-order valence-corrected chi connectivity index (χ0v) is 22.5. The van der Waals surface area contributed by atoms with Gasteiger partial charge in [-0.25, -0.2) is 13.2 Å². The highest BCUT2D eigenvalue weighted by Crippen LogP contribution is 2.38. The highest BCUT2D eigenvalue weighted by atomic mass is 35.5. The lowest BCUT2D eigenvalue weighted by Gasteiger charge is -2.36. The van der Waals surface area contributed by atoms with Gasteiger partial charge in [-0.1, -0.05) is 23.2 Å². The van der Waals surface area contributed by atoms with Crippen molar-refractivity contribution in [2.45, 2.75) is 44.1 Å². The van der Waals surface area contributed by atoms with Gasteiger partial charge in [0.1, 0.15) is 22.0 Å². The van der Waals surface area contributed by atoms with Gasteiger partial charge in [-0.05, 0) is 69.9 Å². The SMILES string of the molecule is COc1ccc(O)c(N(CC2CCN(C(=O)OC(C)(C)C)CC2)S(=O)(=O)c2cc(Cl)ccc2Cl)c1. The maximum absolute atomic E-state index is 13.8. The molecule has 1 aliphatic rings. The van der Waals surface area contributed by atoms with E-state index in [9.17, 15) is 18.3 Å².